The molecule has 0 fully saturated rings. The van der Waals surface area contributed by atoms with E-state index >= 15 is 0 Å². The van der Waals surface area contributed by atoms with E-state index in [0.717, 1.165) is 12.0 Å². The van der Waals surface area contributed by atoms with Crippen molar-refractivity contribution in [2.45, 2.75) is 46.5 Å². The van der Waals surface area contributed by atoms with Gasteiger partial charge in [0, 0.05) is 5.92 Å². The van der Waals surface area contributed by atoms with Crippen molar-refractivity contribution in [3.63, 3.8) is 0 Å². The molecule has 0 nitrogen and oxygen atoms in total. The highest BCUT2D eigenvalue weighted by molar-refractivity contribution is 5.71. The zero-order valence-corrected chi connectivity index (χ0v) is 14.5. The van der Waals surface area contributed by atoms with Gasteiger partial charge in [-0.2, -0.15) is 0 Å². The van der Waals surface area contributed by atoms with Gasteiger partial charge in [-0.25, -0.2) is 0 Å². The Kier molecular flexibility index (Phi) is 4.77. The van der Waals surface area contributed by atoms with Gasteiger partial charge in [0.2, 0.25) is 0 Å². The maximum atomic E-state index is 4.08. The summed E-state index contributed by atoms with van der Waals surface area (Å²) in [6, 6.07) is 8.97. The van der Waals surface area contributed by atoms with E-state index < -0.39 is 0 Å². The van der Waals surface area contributed by atoms with E-state index in [1.807, 2.05) is 6.92 Å². The maximum Gasteiger partial charge on any atom is 0.0495 e. The standard InChI is InChI=1S/C22H26/c1-7-8-19-15-18(11-14-21(19)16(2)3)17-9-12-20(13-10-17)22(4,5)6/h9-14,19H,2,15H2,1,3-6H3. The summed E-state index contributed by atoms with van der Waals surface area (Å²) in [7, 11) is 0. The van der Waals surface area contributed by atoms with Gasteiger partial charge in [0.05, 0.1) is 0 Å². The lowest BCUT2D eigenvalue weighted by Gasteiger charge is -2.23. The van der Waals surface area contributed by atoms with Crippen LogP contribution in [0.15, 0.2) is 54.1 Å². The van der Waals surface area contributed by atoms with Crippen molar-refractivity contribution in [2.75, 3.05) is 0 Å². The average molecular weight is 290 g/mol. The summed E-state index contributed by atoms with van der Waals surface area (Å²) in [5, 5.41) is 0. The molecule has 0 bridgehead atoms. The van der Waals surface area contributed by atoms with Crippen LogP contribution in [0.2, 0.25) is 0 Å². The molecule has 22 heavy (non-hydrogen) atoms. The zero-order chi connectivity index (χ0) is 16.3. The van der Waals surface area contributed by atoms with Crippen LogP contribution < -0.4 is 0 Å². The summed E-state index contributed by atoms with van der Waals surface area (Å²) in [5.74, 6) is 6.66. The fourth-order valence-electron chi connectivity index (χ4n) is 2.85. The molecular formula is C22H26. The highest BCUT2D eigenvalue weighted by atomic mass is 14.2. The Balaban J connectivity index is 2.33. The Hall–Kier alpha value is -2.00. The maximum absolute atomic E-state index is 4.08. The molecule has 0 heterocycles. The molecule has 0 saturated heterocycles. The molecule has 114 valence electrons. The minimum absolute atomic E-state index is 0.197. The van der Waals surface area contributed by atoms with Crippen LogP contribution in [-0.4, -0.2) is 0 Å². The van der Waals surface area contributed by atoms with Crippen LogP contribution in [-0.2, 0) is 5.41 Å². The third-order valence-corrected chi connectivity index (χ3v) is 4.20. The van der Waals surface area contributed by atoms with Gasteiger partial charge in [0.25, 0.3) is 0 Å². The fraction of sp³-hybridized carbons (Fsp3) is 0.364. The minimum atomic E-state index is 0.197. The van der Waals surface area contributed by atoms with Crippen LogP contribution in [0.4, 0.5) is 0 Å². The first kappa shape index (κ1) is 16.4. The van der Waals surface area contributed by atoms with Gasteiger partial charge in [0.1, 0.15) is 0 Å². The SMILES string of the molecule is C=C(C)C1=CC=C(c2ccc(C(C)(C)C)cc2)CC1C#CC. The topological polar surface area (TPSA) is 0 Å². The first-order chi connectivity index (χ1) is 10.3. The Morgan fingerprint density at radius 3 is 2.27 bits per heavy atom. The molecule has 2 rings (SSSR count). The highest BCUT2D eigenvalue weighted by Gasteiger charge is 2.19. The lowest BCUT2D eigenvalue weighted by Crippen LogP contribution is -2.11. The van der Waals surface area contributed by atoms with Gasteiger partial charge in [0.15, 0.2) is 0 Å². The molecule has 1 aromatic rings. The molecule has 0 saturated carbocycles. The van der Waals surface area contributed by atoms with Crippen molar-refractivity contribution in [3.05, 3.63) is 65.3 Å². The molecule has 0 amide bonds. The zero-order valence-electron chi connectivity index (χ0n) is 14.5. The number of allylic oxidation sites excluding steroid dienone is 5. The van der Waals surface area contributed by atoms with Crippen molar-refractivity contribution >= 4 is 5.57 Å². The molecule has 1 atom stereocenters. The molecule has 1 aliphatic carbocycles. The van der Waals surface area contributed by atoms with E-state index in [-0.39, 0.29) is 11.3 Å². The van der Waals surface area contributed by atoms with E-state index in [9.17, 15) is 0 Å². The normalized spacial score (nSPS) is 18.0. The van der Waals surface area contributed by atoms with Gasteiger partial charge >= 0.3 is 0 Å². The second-order valence-electron chi connectivity index (χ2n) is 7.07. The summed E-state index contributed by atoms with van der Waals surface area (Å²) in [6.45, 7) is 14.8. The van der Waals surface area contributed by atoms with E-state index in [1.54, 1.807) is 0 Å². The van der Waals surface area contributed by atoms with Crippen LogP contribution in [0.5, 0.6) is 0 Å². The molecule has 0 spiro atoms. The summed E-state index contributed by atoms with van der Waals surface area (Å²) in [4.78, 5) is 0. The lowest BCUT2D eigenvalue weighted by molar-refractivity contribution is 0.590. The lowest BCUT2D eigenvalue weighted by atomic mass is 9.81. The van der Waals surface area contributed by atoms with Crippen LogP contribution >= 0.6 is 0 Å². The van der Waals surface area contributed by atoms with Crippen LogP contribution in [0.3, 0.4) is 0 Å². The minimum Gasteiger partial charge on any atom is -0.106 e. The Labute approximate surface area is 135 Å². The van der Waals surface area contributed by atoms with Crippen molar-refractivity contribution in [1.29, 1.82) is 0 Å². The van der Waals surface area contributed by atoms with E-state index in [2.05, 4.69) is 82.5 Å². The Morgan fingerprint density at radius 1 is 1.14 bits per heavy atom. The monoisotopic (exact) mass is 290 g/mol. The quantitative estimate of drug-likeness (QED) is 0.594. The number of benzene rings is 1. The van der Waals surface area contributed by atoms with Crippen molar-refractivity contribution in [1.82, 2.24) is 0 Å². The Bertz CT molecular complexity index is 676. The predicted octanol–water partition coefficient (Wildman–Crippen LogP) is 5.91. The predicted molar refractivity (Wildman–Crippen MR) is 97.6 cm³/mol. The van der Waals surface area contributed by atoms with Gasteiger partial charge in [-0.05, 0) is 48.0 Å². The molecule has 1 aromatic carbocycles. The first-order valence-electron chi connectivity index (χ1n) is 7.92. The molecule has 0 aliphatic heterocycles. The van der Waals surface area contributed by atoms with Crippen LogP contribution in [0.1, 0.15) is 52.2 Å². The first-order valence-corrected chi connectivity index (χ1v) is 7.92. The molecule has 0 aromatic heterocycles. The number of hydrogen-bond acceptors (Lipinski definition) is 0. The van der Waals surface area contributed by atoms with Crippen molar-refractivity contribution in [3.8, 4) is 11.8 Å². The average Bonchev–Trinajstić information content (AvgIpc) is 2.46. The van der Waals surface area contributed by atoms with E-state index in [0.29, 0.717) is 0 Å². The summed E-state index contributed by atoms with van der Waals surface area (Å²) < 4.78 is 0. The number of hydrogen-bond donors (Lipinski definition) is 0. The molecule has 0 N–H and O–H groups in total. The summed E-state index contributed by atoms with van der Waals surface area (Å²) in [5.41, 5.74) is 6.61. The molecule has 1 unspecified atom stereocenters. The third kappa shape index (κ3) is 3.60. The van der Waals surface area contributed by atoms with Gasteiger partial charge in [-0.15, -0.1) is 5.92 Å². The molecule has 0 heteroatoms. The smallest absolute Gasteiger partial charge is 0.0495 e. The molecular weight excluding hydrogens is 264 g/mol. The fourth-order valence-corrected chi connectivity index (χ4v) is 2.85. The second kappa shape index (κ2) is 6.41. The number of rotatable bonds is 2. The van der Waals surface area contributed by atoms with E-state index in [1.165, 1.54) is 22.3 Å². The Morgan fingerprint density at radius 2 is 1.77 bits per heavy atom. The van der Waals surface area contributed by atoms with Crippen LogP contribution in [0.25, 0.3) is 5.57 Å². The highest BCUT2D eigenvalue weighted by Crippen LogP contribution is 2.34. The van der Waals surface area contributed by atoms with E-state index in [4.69, 9.17) is 0 Å². The van der Waals surface area contributed by atoms with Crippen LogP contribution in [0, 0.1) is 17.8 Å². The molecule has 1 aliphatic rings. The van der Waals surface area contributed by atoms with Gasteiger partial charge in [-0.1, -0.05) is 75.3 Å². The summed E-state index contributed by atoms with van der Waals surface area (Å²) in [6.07, 6.45) is 5.38. The third-order valence-electron chi connectivity index (χ3n) is 4.20. The summed E-state index contributed by atoms with van der Waals surface area (Å²) >= 11 is 0. The second-order valence-corrected chi connectivity index (χ2v) is 7.07. The largest absolute Gasteiger partial charge is 0.106 e. The van der Waals surface area contributed by atoms with Crippen molar-refractivity contribution < 1.29 is 0 Å². The molecule has 0 radical (unpaired) electrons. The van der Waals surface area contributed by atoms with Gasteiger partial charge in [-0.3, -0.25) is 0 Å². The van der Waals surface area contributed by atoms with Gasteiger partial charge < -0.3 is 0 Å². The van der Waals surface area contributed by atoms with Crippen molar-refractivity contribution in [2.24, 2.45) is 5.92 Å².